The number of benzene rings is 1. The monoisotopic (exact) mass is 393 g/mol. The van der Waals surface area contributed by atoms with Crippen LogP contribution in [-0.2, 0) is 27.0 Å². The number of halogens is 3. The van der Waals surface area contributed by atoms with Crippen LogP contribution in [0.2, 0.25) is 0 Å². The predicted molar refractivity (Wildman–Crippen MR) is 91.0 cm³/mol. The molecule has 146 valence electrons. The average molecular weight is 393 g/mol. The number of hydrogen-bond acceptors (Lipinski definition) is 5. The molecule has 1 heterocycles. The molecule has 2 rings (SSSR count). The standard InChI is InChI=1S/C18H14F3N3O4/c1-11(17(27)23-14-4-2-3-12(7-14)8-22)28-16(26)10-24-9-13(18(19,20)21)5-6-15(24)25/h2-7,9,11H,10H2,1H3,(H,23,27). The van der Waals surface area contributed by atoms with E-state index in [4.69, 9.17) is 10.00 Å². The molecule has 0 fully saturated rings. The van der Waals surface area contributed by atoms with E-state index in [1.165, 1.54) is 25.1 Å². The molecular formula is C18H14F3N3O4. The highest BCUT2D eigenvalue weighted by Gasteiger charge is 2.31. The lowest BCUT2D eigenvalue weighted by Crippen LogP contribution is -2.33. The number of nitrogens with one attached hydrogen (secondary N) is 1. The molecule has 0 saturated heterocycles. The molecule has 1 amide bonds. The van der Waals surface area contributed by atoms with E-state index in [2.05, 4.69) is 5.32 Å². The Labute approximate surface area is 157 Å². The first-order valence-corrected chi connectivity index (χ1v) is 7.88. The predicted octanol–water partition coefficient (Wildman–Crippen LogP) is 2.31. The third-order valence-corrected chi connectivity index (χ3v) is 3.55. The van der Waals surface area contributed by atoms with Gasteiger partial charge in [-0.3, -0.25) is 14.4 Å². The first-order valence-electron chi connectivity index (χ1n) is 7.88. The van der Waals surface area contributed by atoms with Crippen molar-refractivity contribution in [3.05, 3.63) is 64.1 Å². The Hall–Kier alpha value is -3.61. The Bertz CT molecular complexity index is 993. The fourth-order valence-electron chi connectivity index (χ4n) is 2.16. The minimum absolute atomic E-state index is 0.307. The molecule has 7 nitrogen and oxygen atoms in total. The van der Waals surface area contributed by atoms with E-state index < -0.39 is 41.8 Å². The number of amides is 1. The number of carbonyl (C=O) groups is 2. The van der Waals surface area contributed by atoms with Crippen LogP contribution in [0.5, 0.6) is 0 Å². The van der Waals surface area contributed by atoms with Gasteiger partial charge in [0.25, 0.3) is 11.5 Å². The summed E-state index contributed by atoms with van der Waals surface area (Å²) in [4.78, 5) is 35.6. The van der Waals surface area contributed by atoms with Crippen molar-refractivity contribution in [1.82, 2.24) is 4.57 Å². The van der Waals surface area contributed by atoms with E-state index in [-0.39, 0.29) is 0 Å². The quantitative estimate of drug-likeness (QED) is 0.786. The molecule has 1 unspecified atom stereocenters. The number of nitriles is 1. The summed E-state index contributed by atoms with van der Waals surface area (Å²) >= 11 is 0. The van der Waals surface area contributed by atoms with Crippen LogP contribution in [0.3, 0.4) is 0 Å². The lowest BCUT2D eigenvalue weighted by molar-refractivity contribution is -0.154. The topological polar surface area (TPSA) is 101 Å². The molecule has 0 saturated carbocycles. The Morgan fingerprint density at radius 2 is 2.00 bits per heavy atom. The van der Waals surface area contributed by atoms with Crippen LogP contribution in [-0.4, -0.2) is 22.5 Å². The highest BCUT2D eigenvalue weighted by molar-refractivity contribution is 5.95. The van der Waals surface area contributed by atoms with Gasteiger partial charge < -0.3 is 14.6 Å². The number of anilines is 1. The van der Waals surface area contributed by atoms with E-state index in [1.54, 1.807) is 6.07 Å². The molecule has 0 aliphatic heterocycles. The van der Waals surface area contributed by atoms with E-state index in [0.717, 1.165) is 0 Å². The maximum atomic E-state index is 12.7. The molecule has 0 spiro atoms. The minimum Gasteiger partial charge on any atom is -0.451 e. The van der Waals surface area contributed by atoms with Crippen LogP contribution < -0.4 is 10.9 Å². The summed E-state index contributed by atoms with van der Waals surface area (Å²) in [6.07, 6.45) is -5.45. The number of rotatable bonds is 5. The average Bonchev–Trinajstić information content (AvgIpc) is 2.62. The highest BCUT2D eigenvalue weighted by atomic mass is 19.4. The van der Waals surface area contributed by atoms with Gasteiger partial charge in [-0.1, -0.05) is 6.07 Å². The van der Waals surface area contributed by atoms with Gasteiger partial charge in [0.15, 0.2) is 6.10 Å². The van der Waals surface area contributed by atoms with Gasteiger partial charge in [-0.2, -0.15) is 18.4 Å². The molecule has 0 bridgehead atoms. The van der Waals surface area contributed by atoms with Crippen molar-refractivity contribution in [2.75, 3.05) is 5.32 Å². The molecular weight excluding hydrogens is 379 g/mol. The maximum Gasteiger partial charge on any atom is 0.417 e. The van der Waals surface area contributed by atoms with E-state index in [0.29, 0.717) is 34.1 Å². The zero-order valence-corrected chi connectivity index (χ0v) is 14.5. The summed E-state index contributed by atoms with van der Waals surface area (Å²) in [5.41, 5.74) is -1.30. The van der Waals surface area contributed by atoms with Crippen molar-refractivity contribution >= 4 is 17.6 Å². The SMILES string of the molecule is CC(OC(=O)Cn1cc(C(F)(F)F)ccc1=O)C(=O)Nc1cccc(C#N)c1. The zero-order chi connectivity index (χ0) is 20.9. The fraction of sp³-hybridized carbons (Fsp3) is 0.222. The summed E-state index contributed by atoms with van der Waals surface area (Å²) in [5, 5.41) is 11.3. The number of carbonyl (C=O) groups excluding carboxylic acids is 2. The number of pyridine rings is 1. The number of aromatic nitrogens is 1. The van der Waals surface area contributed by atoms with Gasteiger partial charge in [-0.15, -0.1) is 0 Å². The van der Waals surface area contributed by atoms with Crippen molar-refractivity contribution < 1.29 is 27.5 Å². The van der Waals surface area contributed by atoms with E-state index in [1.807, 2.05) is 6.07 Å². The molecule has 1 aromatic carbocycles. The minimum atomic E-state index is -4.68. The number of alkyl halides is 3. The van der Waals surface area contributed by atoms with Crippen molar-refractivity contribution in [2.24, 2.45) is 0 Å². The Morgan fingerprint density at radius 1 is 1.29 bits per heavy atom. The summed E-state index contributed by atoms with van der Waals surface area (Å²) < 4.78 is 43.5. The zero-order valence-electron chi connectivity index (χ0n) is 14.5. The van der Waals surface area contributed by atoms with Gasteiger partial charge in [0.1, 0.15) is 6.54 Å². The molecule has 28 heavy (non-hydrogen) atoms. The van der Waals surface area contributed by atoms with Crippen LogP contribution in [0.25, 0.3) is 0 Å². The van der Waals surface area contributed by atoms with Crippen molar-refractivity contribution in [3.63, 3.8) is 0 Å². The Balaban J connectivity index is 2.01. The second-order valence-corrected chi connectivity index (χ2v) is 5.70. The number of hydrogen-bond donors (Lipinski definition) is 1. The largest absolute Gasteiger partial charge is 0.451 e. The molecule has 2 aromatic rings. The van der Waals surface area contributed by atoms with Crippen LogP contribution in [0, 0.1) is 11.3 Å². The molecule has 0 radical (unpaired) electrons. The molecule has 0 aliphatic rings. The van der Waals surface area contributed by atoms with Gasteiger partial charge in [0.05, 0.1) is 17.2 Å². The highest BCUT2D eigenvalue weighted by Crippen LogP contribution is 2.28. The summed E-state index contributed by atoms with van der Waals surface area (Å²) in [5.74, 6) is -1.77. The summed E-state index contributed by atoms with van der Waals surface area (Å²) in [7, 11) is 0. The first-order chi connectivity index (χ1) is 13.1. The van der Waals surface area contributed by atoms with Crippen LogP contribution in [0.15, 0.2) is 47.4 Å². The molecule has 1 atom stereocenters. The lowest BCUT2D eigenvalue weighted by atomic mass is 10.2. The van der Waals surface area contributed by atoms with Crippen LogP contribution >= 0.6 is 0 Å². The Kier molecular flexibility index (Phi) is 6.20. The first kappa shape index (κ1) is 20.7. The third-order valence-electron chi connectivity index (χ3n) is 3.55. The van der Waals surface area contributed by atoms with Crippen molar-refractivity contribution in [2.45, 2.75) is 25.7 Å². The smallest absolute Gasteiger partial charge is 0.417 e. The summed E-state index contributed by atoms with van der Waals surface area (Å²) in [6.45, 7) is 0.473. The number of esters is 1. The van der Waals surface area contributed by atoms with E-state index >= 15 is 0 Å². The van der Waals surface area contributed by atoms with E-state index in [9.17, 15) is 27.6 Å². The van der Waals surface area contributed by atoms with Gasteiger partial charge in [-0.05, 0) is 31.2 Å². The normalized spacial score (nSPS) is 12.0. The van der Waals surface area contributed by atoms with Gasteiger partial charge in [0, 0.05) is 18.0 Å². The van der Waals surface area contributed by atoms with Crippen molar-refractivity contribution in [3.8, 4) is 6.07 Å². The summed E-state index contributed by atoms with van der Waals surface area (Å²) in [6, 6.07) is 9.21. The van der Waals surface area contributed by atoms with Gasteiger partial charge >= 0.3 is 12.1 Å². The van der Waals surface area contributed by atoms with Crippen LogP contribution in [0.1, 0.15) is 18.1 Å². The number of nitrogens with zero attached hydrogens (tertiary/aromatic N) is 2. The third kappa shape index (κ3) is 5.44. The fourth-order valence-corrected chi connectivity index (χ4v) is 2.16. The molecule has 1 N–H and O–H groups in total. The lowest BCUT2D eigenvalue weighted by Gasteiger charge is -2.15. The number of ether oxygens (including phenoxy) is 1. The second kappa shape index (κ2) is 8.39. The molecule has 10 heteroatoms. The molecule has 1 aromatic heterocycles. The van der Waals surface area contributed by atoms with Crippen molar-refractivity contribution in [1.29, 1.82) is 5.26 Å². The van der Waals surface area contributed by atoms with Gasteiger partial charge in [-0.25, -0.2) is 0 Å². The van der Waals surface area contributed by atoms with Gasteiger partial charge in [0.2, 0.25) is 0 Å². The molecule has 0 aliphatic carbocycles. The maximum absolute atomic E-state index is 12.7. The van der Waals surface area contributed by atoms with Crippen LogP contribution in [0.4, 0.5) is 18.9 Å². The Morgan fingerprint density at radius 3 is 2.64 bits per heavy atom. The second-order valence-electron chi connectivity index (χ2n) is 5.70.